The quantitative estimate of drug-likeness (QED) is 0.285. The molecule has 26 heavy (non-hydrogen) atoms. The molecule has 1 saturated carbocycles. The summed E-state index contributed by atoms with van der Waals surface area (Å²) in [6.07, 6.45) is -0.520. The van der Waals surface area contributed by atoms with Crippen molar-refractivity contribution in [2.24, 2.45) is 23.2 Å². The number of carboxylic acid groups (broad SMARTS) is 1. The standard InChI is InChI=1S/C19H28O7/c1-6-19(5)7-13(26-18(25)11(3)9-21)14(12(4)17(23)24)16(22)15(19)10(2)8-20/h6,11,13-16,20-22H,1-2,4,7-9H2,3,5H3,(H,23,24). The molecular formula is C19H28O7. The van der Waals surface area contributed by atoms with E-state index in [2.05, 4.69) is 19.7 Å². The number of ether oxygens (including phenoxy) is 1. The van der Waals surface area contributed by atoms with E-state index in [0.717, 1.165) is 0 Å². The minimum atomic E-state index is -1.32. The lowest BCUT2D eigenvalue weighted by molar-refractivity contribution is -0.169. The summed E-state index contributed by atoms with van der Waals surface area (Å²) in [7, 11) is 0. The zero-order chi connectivity index (χ0) is 20.2. The Morgan fingerprint density at radius 2 is 1.92 bits per heavy atom. The monoisotopic (exact) mass is 368 g/mol. The van der Waals surface area contributed by atoms with Crippen molar-refractivity contribution in [1.29, 1.82) is 0 Å². The Bertz CT molecular complexity index is 597. The molecule has 6 atom stereocenters. The molecule has 1 fully saturated rings. The fraction of sp³-hybridized carbons (Fsp3) is 0.579. The first kappa shape index (κ1) is 22.1. The van der Waals surface area contributed by atoms with Gasteiger partial charge in [0.25, 0.3) is 0 Å². The zero-order valence-electron chi connectivity index (χ0n) is 15.2. The highest BCUT2D eigenvalue weighted by atomic mass is 16.5. The van der Waals surface area contributed by atoms with Crippen molar-refractivity contribution in [2.75, 3.05) is 13.2 Å². The Morgan fingerprint density at radius 1 is 1.35 bits per heavy atom. The Labute approximate surface area is 153 Å². The first-order valence-electron chi connectivity index (χ1n) is 8.37. The Balaban J connectivity index is 3.35. The van der Waals surface area contributed by atoms with Gasteiger partial charge in [0, 0.05) is 11.5 Å². The number of carboxylic acids is 1. The van der Waals surface area contributed by atoms with Gasteiger partial charge < -0.3 is 25.2 Å². The van der Waals surface area contributed by atoms with Crippen LogP contribution in [0.25, 0.3) is 0 Å². The molecule has 0 aromatic heterocycles. The van der Waals surface area contributed by atoms with Crippen LogP contribution < -0.4 is 0 Å². The lowest BCUT2D eigenvalue weighted by Crippen LogP contribution is -2.54. The molecule has 0 aromatic carbocycles. The number of rotatable bonds is 8. The summed E-state index contributed by atoms with van der Waals surface area (Å²) in [6.45, 7) is 13.5. The van der Waals surface area contributed by atoms with Gasteiger partial charge in [0.15, 0.2) is 0 Å². The number of carbonyl (C=O) groups excluding carboxylic acids is 1. The molecule has 1 aliphatic rings. The minimum absolute atomic E-state index is 0.165. The number of aliphatic hydroxyl groups is 3. The lowest BCUT2D eigenvalue weighted by atomic mass is 9.58. The second kappa shape index (κ2) is 8.62. The number of esters is 1. The SMILES string of the molecule is C=CC1(C)CC(OC(=O)C(C)CO)C(C(=C)C(=O)O)C(O)C1C(=C)CO. The topological polar surface area (TPSA) is 124 Å². The van der Waals surface area contributed by atoms with Crippen molar-refractivity contribution in [3.63, 3.8) is 0 Å². The van der Waals surface area contributed by atoms with Gasteiger partial charge in [-0.1, -0.05) is 26.2 Å². The molecule has 0 saturated heterocycles. The van der Waals surface area contributed by atoms with Crippen LogP contribution in [0.1, 0.15) is 20.3 Å². The van der Waals surface area contributed by atoms with Crippen LogP contribution in [0.4, 0.5) is 0 Å². The highest BCUT2D eigenvalue weighted by Gasteiger charge is 2.53. The average Bonchev–Trinajstić information content (AvgIpc) is 2.59. The molecule has 1 aliphatic carbocycles. The highest BCUT2D eigenvalue weighted by Crippen LogP contribution is 2.50. The summed E-state index contributed by atoms with van der Waals surface area (Å²) in [6, 6.07) is 0. The molecule has 1 rings (SSSR count). The molecule has 0 amide bonds. The summed E-state index contributed by atoms with van der Waals surface area (Å²) in [5, 5.41) is 38.9. The van der Waals surface area contributed by atoms with Gasteiger partial charge in [-0.3, -0.25) is 4.79 Å². The maximum absolute atomic E-state index is 12.1. The molecule has 7 nitrogen and oxygen atoms in total. The summed E-state index contributed by atoms with van der Waals surface area (Å²) in [5.41, 5.74) is -0.757. The fourth-order valence-corrected chi connectivity index (χ4v) is 3.55. The Kier molecular flexibility index (Phi) is 7.32. The second-order valence-electron chi connectivity index (χ2n) is 7.11. The van der Waals surface area contributed by atoms with E-state index in [-0.39, 0.29) is 18.6 Å². The minimum Gasteiger partial charge on any atom is -0.478 e. The first-order chi connectivity index (χ1) is 12.0. The van der Waals surface area contributed by atoms with E-state index >= 15 is 0 Å². The van der Waals surface area contributed by atoms with Crippen LogP contribution in [0.5, 0.6) is 0 Å². The molecule has 0 spiro atoms. The van der Waals surface area contributed by atoms with Gasteiger partial charge in [0.2, 0.25) is 0 Å². The Hall–Kier alpha value is -1.96. The fourth-order valence-electron chi connectivity index (χ4n) is 3.55. The van der Waals surface area contributed by atoms with Crippen molar-refractivity contribution in [3.05, 3.63) is 37.0 Å². The zero-order valence-corrected chi connectivity index (χ0v) is 15.2. The number of aliphatic carboxylic acids is 1. The molecule has 7 heteroatoms. The molecule has 146 valence electrons. The molecule has 0 aromatic rings. The third kappa shape index (κ3) is 4.23. The van der Waals surface area contributed by atoms with Gasteiger partial charge in [-0.05, 0) is 24.3 Å². The van der Waals surface area contributed by atoms with Gasteiger partial charge in [-0.15, -0.1) is 6.58 Å². The predicted octanol–water partition coefficient (Wildman–Crippen LogP) is 0.905. The van der Waals surface area contributed by atoms with Gasteiger partial charge >= 0.3 is 11.9 Å². The summed E-state index contributed by atoms with van der Waals surface area (Å²) in [5.74, 6) is -4.56. The van der Waals surface area contributed by atoms with Crippen LogP contribution in [0.2, 0.25) is 0 Å². The van der Waals surface area contributed by atoms with Gasteiger partial charge in [0.1, 0.15) is 6.10 Å². The second-order valence-corrected chi connectivity index (χ2v) is 7.11. The van der Waals surface area contributed by atoms with Crippen molar-refractivity contribution < 1.29 is 34.8 Å². The van der Waals surface area contributed by atoms with E-state index < -0.39 is 53.9 Å². The van der Waals surface area contributed by atoms with E-state index in [1.165, 1.54) is 6.92 Å². The van der Waals surface area contributed by atoms with Crippen molar-refractivity contribution in [3.8, 4) is 0 Å². The third-order valence-corrected chi connectivity index (χ3v) is 5.19. The van der Waals surface area contributed by atoms with E-state index in [1.54, 1.807) is 13.0 Å². The van der Waals surface area contributed by atoms with Gasteiger partial charge in [0.05, 0.1) is 31.2 Å². The molecule has 6 unspecified atom stereocenters. The van der Waals surface area contributed by atoms with Crippen LogP contribution >= 0.6 is 0 Å². The first-order valence-corrected chi connectivity index (χ1v) is 8.37. The van der Waals surface area contributed by atoms with E-state index in [0.29, 0.717) is 5.57 Å². The predicted molar refractivity (Wildman–Crippen MR) is 95.0 cm³/mol. The number of aliphatic hydroxyl groups excluding tert-OH is 3. The molecular weight excluding hydrogens is 340 g/mol. The van der Waals surface area contributed by atoms with Crippen molar-refractivity contribution in [1.82, 2.24) is 0 Å². The molecule has 0 aliphatic heterocycles. The summed E-state index contributed by atoms with van der Waals surface area (Å²) in [4.78, 5) is 23.6. The van der Waals surface area contributed by atoms with Gasteiger partial charge in [-0.25, -0.2) is 4.79 Å². The highest BCUT2D eigenvalue weighted by molar-refractivity contribution is 5.87. The number of allylic oxidation sites excluding steroid dienone is 1. The van der Waals surface area contributed by atoms with Crippen LogP contribution in [0, 0.1) is 23.2 Å². The van der Waals surface area contributed by atoms with Crippen LogP contribution in [0.15, 0.2) is 37.0 Å². The molecule has 0 radical (unpaired) electrons. The summed E-state index contributed by atoms with van der Waals surface area (Å²) < 4.78 is 5.43. The van der Waals surface area contributed by atoms with E-state index in [1.807, 2.05) is 0 Å². The van der Waals surface area contributed by atoms with Crippen molar-refractivity contribution >= 4 is 11.9 Å². The molecule has 4 N–H and O–H groups in total. The third-order valence-electron chi connectivity index (χ3n) is 5.19. The lowest BCUT2D eigenvalue weighted by Gasteiger charge is -2.50. The van der Waals surface area contributed by atoms with E-state index in [9.17, 15) is 24.9 Å². The maximum atomic E-state index is 12.1. The van der Waals surface area contributed by atoms with Crippen LogP contribution in [-0.4, -0.2) is 57.8 Å². The van der Waals surface area contributed by atoms with Gasteiger partial charge in [-0.2, -0.15) is 0 Å². The number of hydrogen-bond acceptors (Lipinski definition) is 6. The van der Waals surface area contributed by atoms with Crippen LogP contribution in [0.3, 0.4) is 0 Å². The molecule has 0 heterocycles. The summed E-state index contributed by atoms with van der Waals surface area (Å²) >= 11 is 0. The molecule has 0 bridgehead atoms. The normalized spacial score (nSPS) is 32.3. The van der Waals surface area contributed by atoms with Crippen LogP contribution in [-0.2, 0) is 14.3 Å². The van der Waals surface area contributed by atoms with Crippen molar-refractivity contribution in [2.45, 2.75) is 32.5 Å². The smallest absolute Gasteiger partial charge is 0.331 e. The number of hydrogen-bond donors (Lipinski definition) is 4. The number of carbonyl (C=O) groups is 2. The largest absolute Gasteiger partial charge is 0.478 e. The Morgan fingerprint density at radius 3 is 2.35 bits per heavy atom. The average molecular weight is 368 g/mol. The maximum Gasteiger partial charge on any atom is 0.331 e. The van der Waals surface area contributed by atoms with E-state index in [4.69, 9.17) is 9.84 Å².